The molecule has 0 aromatic carbocycles. The summed E-state index contributed by atoms with van der Waals surface area (Å²) in [7, 11) is 0. The molecule has 2 aliphatic heterocycles. The largest absolute Gasteiger partial charge is 0.480 e. The van der Waals surface area contributed by atoms with Crippen molar-refractivity contribution in [1.82, 2.24) is 15.1 Å². The molecule has 1 spiro atoms. The molecule has 126 valence electrons. The fourth-order valence-corrected chi connectivity index (χ4v) is 3.95. The van der Waals surface area contributed by atoms with Crippen LogP contribution in [-0.2, 0) is 14.4 Å². The maximum Gasteiger partial charge on any atom is 0.326 e. The number of carbonyl (C=O) groups excluding carboxylic acids is 3. The Morgan fingerprint density at radius 1 is 1.26 bits per heavy atom. The summed E-state index contributed by atoms with van der Waals surface area (Å²) >= 11 is 0. The molecule has 23 heavy (non-hydrogen) atoms. The molecule has 0 bridgehead atoms. The molecule has 2 heterocycles. The fourth-order valence-electron chi connectivity index (χ4n) is 3.95. The monoisotopic (exact) mass is 323 g/mol. The fraction of sp³-hybridized carbons (Fsp3) is 0.733. The molecule has 0 aromatic rings. The first-order chi connectivity index (χ1) is 10.9. The van der Waals surface area contributed by atoms with E-state index < -0.39 is 35.5 Å². The van der Waals surface area contributed by atoms with Gasteiger partial charge in [0.1, 0.15) is 17.6 Å². The number of hydrogen-bond donors (Lipinski definition) is 2. The highest BCUT2D eigenvalue weighted by Crippen LogP contribution is 2.36. The first-order valence-corrected chi connectivity index (χ1v) is 8.06. The van der Waals surface area contributed by atoms with Gasteiger partial charge in [0.25, 0.3) is 5.91 Å². The summed E-state index contributed by atoms with van der Waals surface area (Å²) < 4.78 is 0. The number of amides is 4. The molecule has 1 saturated carbocycles. The van der Waals surface area contributed by atoms with Crippen LogP contribution in [0.2, 0.25) is 0 Å². The topological polar surface area (TPSA) is 107 Å². The van der Waals surface area contributed by atoms with Gasteiger partial charge in [0.15, 0.2) is 0 Å². The molecule has 3 aliphatic rings. The van der Waals surface area contributed by atoms with Crippen LogP contribution < -0.4 is 5.32 Å². The molecule has 8 nitrogen and oxygen atoms in total. The molecule has 2 atom stereocenters. The number of likely N-dealkylation sites (tertiary alicyclic amines) is 1. The Balaban J connectivity index is 1.78. The van der Waals surface area contributed by atoms with Crippen LogP contribution in [-0.4, -0.2) is 62.9 Å². The standard InChI is InChI=1S/C15H21N3O5/c1-9(11(19)17-8-4-5-10(17)12(20)21)18-13(22)15(16-14(18)23)6-2-3-7-15/h9-10H,2-8H2,1H3,(H,16,23)(H,20,21). The maximum absolute atomic E-state index is 12.7. The molecular weight excluding hydrogens is 302 g/mol. The molecule has 3 rings (SSSR count). The Morgan fingerprint density at radius 3 is 2.52 bits per heavy atom. The lowest BCUT2D eigenvalue weighted by Crippen LogP contribution is -2.53. The van der Waals surface area contributed by atoms with Crippen molar-refractivity contribution >= 4 is 23.8 Å². The van der Waals surface area contributed by atoms with Gasteiger partial charge in [-0.2, -0.15) is 0 Å². The van der Waals surface area contributed by atoms with Gasteiger partial charge in [0.2, 0.25) is 5.91 Å². The normalized spacial score (nSPS) is 27.6. The molecule has 4 amide bonds. The van der Waals surface area contributed by atoms with Gasteiger partial charge in [-0.15, -0.1) is 0 Å². The number of nitrogens with one attached hydrogen (secondary N) is 1. The number of carboxylic acids is 1. The van der Waals surface area contributed by atoms with Gasteiger partial charge in [-0.3, -0.25) is 9.59 Å². The average Bonchev–Trinajstić information content (AvgIpc) is 3.19. The number of hydrogen-bond acceptors (Lipinski definition) is 4. The van der Waals surface area contributed by atoms with E-state index in [2.05, 4.69) is 5.32 Å². The second kappa shape index (κ2) is 5.50. The summed E-state index contributed by atoms with van der Waals surface area (Å²) in [5, 5.41) is 11.9. The van der Waals surface area contributed by atoms with Crippen LogP contribution in [0, 0.1) is 0 Å². The molecule has 0 aromatic heterocycles. The van der Waals surface area contributed by atoms with Crippen LogP contribution >= 0.6 is 0 Å². The Bertz CT molecular complexity index is 569. The Labute approximate surface area is 133 Å². The highest BCUT2D eigenvalue weighted by molar-refractivity contribution is 6.10. The van der Waals surface area contributed by atoms with Gasteiger partial charge in [-0.05, 0) is 32.6 Å². The Morgan fingerprint density at radius 2 is 1.91 bits per heavy atom. The second-order valence-electron chi connectivity index (χ2n) is 6.60. The highest BCUT2D eigenvalue weighted by atomic mass is 16.4. The average molecular weight is 323 g/mol. The van der Waals surface area contributed by atoms with E-state index in [4.69, 9.17) is 0 Å². The maximum atomic E-state index is 12.7. The minimum absolute atomic E-state index is 0.342. The van der Waals surface area contributed by atoms with Gasteiger partial charge in [-0.1, -0.05) is 12.8 Å². The molecule has 2 unspecified atom stereocenters. The van der Waals surface area contributed by atoms with E-state index in [9.17, 15) is 24.3 Å². The van der Waals surface area contributed by atoms with E-state index >= 15 is 0 Å². The molecule has 8 heteroatoms. The molecule has 3 fully saturated rings. The van der Waals surface area contributed by atoms with Gasteiger partial charge >= 0.3 is 12.0 Å². The van der Waals surface area contributed by atoms with E-state index in [1.165, 1.54) is 11.8 Å². The third kappa shape index (κ3) is 2.36. The van der Waals surface area contributed by atoms with Crippen molar-refractivity contribution < 1.29 is 24.3 Å². The van der Waals surface area contributed by atoms with Crippen molar-refractivity contribution in [2.24, 2.45) is 0 Å². The lowest BCUT2D eigenvalue weighted by atomic mass is 9.97. The molecule has 0 radical (unpaired) electrons. The van der Waals surface area contributed by atoms with Gasteiger partial charge < -0.3 is 15.3 Å². The predicted molar refractivity (Wildman–Crippen MR) is 78.4 cm³/mol. The quantitative estimate of drug-likeness (QED) is 0.727. The molecular formula is C15H21N3O5. The van der Waals surface area contributed by atoms with Crippen LogP contribution in [0.25, 0.3) is 0 Å². The zero-order valence-electron chi connectivity index (χ0n) is 13.1. The lowest BCUT2D eigenvalue weighted by Gasteiger charge is -2.29. The third-order valence-corrected chi connectivity index (χ3v) is 5.22. The first-order valence-electron chi connectivity index (χ1n) is 8.06. The number of imide groups is 1. The zero-order valence-corrected chi connectivity index (χ0v) is 13.1. The highest BCUT2D eigenvalue weighted by Gasteiger charge is 2.55. The van der Waals surface area contributed by atoms with E-state index in [1.807, 2.05) is 0 Å². The zero-order chi connectivity index (χ0) is 16.8. The number of aliphatic carboxylic acids is 1. The predicted octanol–water partition coefficient (Wildman–Crippen LogP) is 0.315. The number of carboxylic acid groups (broad SMARTS) is 1. The minimum atomic E-state index is -1.05. The summed E-state index contributed by atoms with van der Waals surface area (Å²) in [6.07, 6.45) is 3.94. The van der Waals surface area contributed by atoms with Crippen molar-refractivity contribution in [2.75, 3.05) is 6.54 Å². The van der Waals surface area contributed by atoms with Crippen LogP contribution in [0.1, 0.15) is 45.4 Å². The van der Waals surface area contributed by atoms with Gasteiger partial charge in [0, 0.05) is 6.54 Å². The number of nitrogens with zero attached hydrogens (tertiary/aromatic N) is 2. The number of urea groups is 1. The van der Waals surface area contributed by atoms with E-state index in [-0.39, 0.29) is 5.91 Å². The van der Waals surface area contributed by atoms with Crippen molar-refractivity contribution in [3.63, 3.8) is 0 Å². The third-order valence-electron chi connectivity index (χ3n) is 5.22. The first kappa shape index (κ1) is 15.8. The van der Waals surface area contributed by atoms with Crippen molar-refractivity contribution in [1.29, 1.82) is 0 Å². The summed E-state index contributed by atoms with van der Waals surface area (Å²) in [6.45, 7) is 1.83. The second-order valence-corrected chi connectivity index (χ2v) is 6.60. The lowest BCUT2D eigenvalue weighted by molar-refractivity contribution is -0.151. The molecule has 2 saturated heterocycles. The van der Waals surface area contributed by atoms with Crippen LogP contribution in [0.4, 0.5) is 4.79 Å². The summed E-state index contributed by atoms with van der Waals surface area (Å²) in [5.41, 5.74) is -0.858. The van der Waals surface area contributed by atoms with Gasteiger partial charge in [0.05, 0.1) is 0 Å². The van der Waals surface area contributed by atoms with Crippen LogP contribution in [0.5, 0.6) is 0 Å². The Hall–Kier alpha value is -2.12. The Kier molecular flexibility index (Phi) is 3.77. The summed E-state index contributed by atoms with van der Waals surface area (Å²) in [4.78, 5) is 51.0. The summed E-state index contributed by atoms with van der Waals surface area (Å²) in [5.74, 6) is -1.88. The van der Waals surface area contributed by atoms with E-state index in [0.717, 1.165) is 17.7 Å². The van der Waals surface area contributed by atoms with Crippen molar-refractivity contribution in [3.05, 3.63) is 0 Å². The SMILES string of the molecule is CC(C(=O)N1CCCC1C(=O)O)N1C(=O)NC2(CCCC2)C1=O. The molecule has 1 aliphatic carbocycles. The van der Waals surface area contributed by atoms with Gasteiger partial charge in [-0.25, -0.2) is 14.5 Å². The van der Waals surface area contributed by atoms with Crippen molar-refractivity contribution in [3.8, 4) is 0 Å². The van der Waals surface area contributed by atoms with E-state index in [0.29, 0.717) is 32.2 Å². The smallest absolute Gasteiger partial charge is 0.326 e. The van der Waals surface area contributed by atoms with E-state index in [1.54, 1.807) is 0 Å². The van der Waals surface area contributed by atoms with Crippen LogP contribution in [0.15, 0.2) is 0 Å². The molecule has 2 N–H and O–H groups in total. The minimum Gasteiger partial charge on any atom is -0.480 e. The number of rotatable bonds is 3. The van der Waals surface area contributed by atoms with Crippen molar-refractivity contribution in [2.45, 2.75) is 63.1 Å². The van der Waals surface area contributed by atoms with Crippen LogP contribution in [0.3, 0.4) is 0 Å². The number of carbonyl (C=O) groups is 4. The summed E-state index contributed by atoms with van der Waals surface area (Å²) in [6, 6.07) is -2.41.